The van der Waals surface area contributed by atoms with E-state index in [9.17, 15) is 14.7 Å². The molecule has 6 nitrogen and oxygen atoms in total. The van der Waals surface area contributed by atoms with Crippen molar-refractivity contribution in [1.82, 2.24) is 0 Å². The average Bonchev–Trinajstić information content (AvgIpc) is 3.13. The van der Waals surface area contributed by atoms with E-state index in [1.165, 1.54) is 4.90 Å². The molecule has 198 valence electrons. The summed E-state index contributed by atoms with van der Waals surface area (Å²) in [5.41, 5.74) is 4.17. The highest BCUT2D eigenvalue weighted by Crippen LogP contribution is 2.46. The Morgan fingerprint density at radius 1 is 0.974 bits per heavy atom. The summed E-state index contributed by atoms with van der Waals surface area (Å²) in [7, 11) is 1.55. The van der Waals surface area contributed by atoms with Gasteiger partial charge in [-0.3, -0.25) is 14.5 Å². The van der Waals surface area contributed by atoms with Crippen LogP contribution in [0.2, 0.25) is 0 Å². The van der Waals surface area contributed by atoms with Gasteiger partial charge in [0.2, 0.25) is 0 Å². The summed E-state index contributed by atoms with van der Waals surface area (Å²) in [6.45, 7) is 12.5. The molecule has 0 saturated carbocycles. The molecule has 38 heavy (non-hydrogen) atoms. The van der Waals surface area contributed by atoms with Gasteiger partial charge in [-0.25, -0.2) is 0 Å². The zero-order chi connectivity index (χ0) is 27.8. The quantitative estimate of drug-likeness (QED) is 0.227. The molecule has 1 fully saturated rings. The van der Waals surface area contributed by atoms with Gasteiger partial charge in [-0.15, -0.1) is 0 Å². The van der Waals surface area contributed by atoms with E-state index >= 15 is 0 Å². The first-order valence-corrected chi connectivity index (χ1v) is 12.8. The molecule has 0 aromatic heterocycles. The van der Waals surface area contributed by atoms with Crippen molar-refractivity contribution in [1.29, 1.82) is 0 Å². The van der Waals surface area contributed by atoms with E-state index in [0.717, 1.165) is 16.7 Å². The lowest BCUT2D eigenvalue weighted by Crippen LogP contribution is -2.30. The van der Waals surface area contributed by atoms with Gasteiger partial charge >= 0.3 is 0 Å². The van der Waals surface area contributed by atoms with E-state index in [4.69, 9.17) is 9.47 Å². The van der Waals surface area contributed by atoms with E-state index in [-0.39, 0.29) is 16.7 Å². The van der Waals surface area contributed by atoms with E-state index in [0.29, 0.717) is 34.9 Å². The van der Waals surface area contributed by atoms with E-state index < -0.39 is 17.7 Å². The minimum atomic E-state index is -0.878. The standard InChI is InChI=1S/C32H35NO5/c1-8-38-26-16-14-21(18-23(26)32(4,5)6)29(34)27-28(22-11-9-10-12-25(22)37-7)33(31(36)30(27)35)24-15-13-19(2)17-20(24)3/h9-18,28,34H,8H2,1-7H3/b29-27+. The van der Waals surface area contributed by atoms with Crippen molar-refractivity contribution in [2.24, 2.45) is 0 Å². The number of amides is 1. The summed E-state index contributed by atoms with van der Waals surface area (Å²) in [4.78, 5) is 28.7. The Balaban J connectivity index is 2.00. The number of Topliss-reactive ketones (excluding diaryl/α,β-unsaturated/α-hetero) is 1. The van der Waals surface area contributed by atoms with Gasteiger partial charge in [0.05, 0.1) is 25.3 Å². The van der Waals surface area contributed by atoms with Crippen molar-refractivity contribution < 1.29 is 24.2 Å². The van der Waals surface area contributed by atoms with Crippen molar-refractivity contribution in [3.05, 3.63) is 94.1 Å². The third kappa shape index (κ3) is 4.78. The highest BCUT2D eigenvalue weighted by atomic mass is 16.5. The molecule has 1 amide bonds. The smallest absolute Gasteiger partial charge is 0.300 e. The molecule has 0 spiro atoms. The summed E-state index contributed by atoms with van der Waals surface area (Å²) >= 11 is 0. The van der Waals surface area contributed by atoms with E-state index in [1.54, 1.807) is 25.3 Å². The fraction of sp³-hybridized carbons (Fsp3) is 0.312. The van der Waals surface area contributed by atoms with Crippen LogP contribution in [0.3, 0.4) is 0 Å². The molecule has 6 heteroatoms. The summed E-state index contributed by atoms with van der Waals surface area (Å²) in [6.07, 6.45) is 0. The first-order chi connectivity index (χ1) is 18.0. The topological polar surface area (TPSA) is 76.1 Å². The number of para-hydroxylation sites is 1. The van der Waals surface area contributed by atoms with Crippen LogP contribution in [0.4, 0.5) is 5.69 Å². The maximum atomic E-state index is 13.6. The van der Waals surface area contributed by atoms with Gasteiger partial charge in [0.15, 0.2) is 0 Å². The fourth-order valence-corrected chi connectivity index (χ4v) is 5.04. The maximum absolute atomic E-state index is 13.6. The van der Waals surface area contributed by atoms with Crippen LogP contribution in [0.5, 0.6) is 11.5 Å². The number of rotatable bonds is 6. The van der Waals surface area contributed by atoms with Crippen LogP contribution in [-0.2, 0) is 15.0 Å². The SMILES string of the molecule is CCOc1ccc(/C(O)=C2\C(=O)C(=O)N(c3ccc(C)cc3C)C2c2ccccc2OC)cc1C(C)(C)C. The second-order valence-electron chi connectivity index (χ2n) is 10.6. The normalized spacial score (nSPS) is 17.1. The highest BCUT2D eigenvalue weighted by molar-refractivity contribution is 6.51. The Labute approximate surface area is 224 Å². The number of hydrogen-bond donors (Lipinski definition) is 1. The zero-order valence-electron chi connectivity index (χ0n) is 23.1. The Bertz CT molecular complexity index is 1430. The van der Waals surface area contributed by atoms with Crippen molar-refractivity contribution in [3.8, 4) is 11.5 Å². The first kappa shape index (κ1) is 27.0. The lowest BCUT2D eigenvalue weighted by Gasteiger charge is -2.28. The molecule has 3 aromatic carbocycles. The Hall–Kier alpha value is -4.06. The van der Waals surface area contributed by atoms with Crippen molar-refractivity contribution >= 4 is 23.1 Å². The van der Waals surface area contributed by atoms with Crippen LogP contribution in [0.25, 0.3) is 5.76 Å². The van der Waals surface area contributed by atoms with Crippen LogP contribution >= 0.6 is 0 Å². The average molecular weight is 514 g/mol. The number of nitrogens with zero attached hydrogens (tertiary/aromatic N) is 1. The number of benzene rings is 3. The fourth-order valence-electron chi connectivity index (χ4n) is 5.04. The lowest BCUT2D eigenvalue weighted by atomic mass is 9.84. The largest absolute Gasteiger partial charge is 0.507 e. The molecule has 1 unspecified atom stereocenters. The Morgan fingerprint density at radius 2 is 1.68 bits per heavy atom. The summed E-state index contributed by atoms with van der Waals surface area (Å²) in [5, 5.41) is 11.7. The van der Waals surface area contributed by atoms with Crippen LogP contribution in [0.15, 0.2) is 66.2 Å². The number of methoxy groups -OCH3 is 1. The number of aliphatic hydroxyl groups excluding tert-OH is 1. The van der Waals surface area contributed by atoms with E-state index in [2.05, 4.69) is 20.8 Å². The minimum absolute atomic E-state index is 0.0171. The summed E-state index contributed by atoms with van der Waals surface area (Å²) in [5.74, 6) is -0.447. The molecule has 3 aromatic rings. The molecular weight excluding hydrogens is 478 g/mol. The molecule has 1 atom stereocenters. The van der Waals surface area contributed by atoms with Crippen molar-refractivity contribution in [3.63, 3.8) is 0 Å². The number of anilines is 1. The number of ketones is 1. The van der Waals surface area contributed by atoms with Gasteiger partial charge in [-0.05, 0) is 62.1 Å². The second kappa shape index (κ2) is 10.4. The lowest BCUT2D eigenvalue weighted by molar-refractivity contribution is -0.132. The van der Waals surface area contributed by atoms with E-state index in [1.807, 2.05) is 63.2 Å². The predicted molar refractivity (Wildman–Crippen MR) is 150 cm³/mol. The molecule has 1 heterocycles. The Kier molecular flexibility index (Phi) is 7.36. The number of carbonyl (C=O) groups excluding carboxylic acids is 2. The molecule has 4 rings (SSSR count). The number of aliphatic hydroxyl groups is 1. The molecule has 1 aliphatic heterocycles. The molecular formula is C32H35NO5. The number of hydrogen-bond acceptors (Lipinski definition) is 5. The third-order valence-electron chi connectivity index (χ3n) is 6.85. The minimum Gasteiger partial charge on any atom is -0.507 e. The zero-order valence-corrected chi connectivity index (χ0v) is 23.1. The van der Waals surface area contributed by atoms with Crippen LogP contribution in [-0.4, -0.2) is 30.5 Å². The monoisotopic (exact) mass is 513 g/mol. The van der Waals surface area contributed by atoms with Crippen molar-refractivity contribution in [2.45, 2.75) is 53.0 Å². The highest BCUT2D eigenvalue weighted by Gasteiger charge is 2.48. The second-order valence-corrected chi connectivity index (χ2v) is 10.6. The molecule has 0 radical (unpaired) electrons. The number of carbonyl (C=O) groups is 2. The predicted octanol–water partition coefficient (Wildman–Crippen LogP) is 6.63. The van der Waals surface area contributed by atoms with Gasteiger partial charge in [0.25, 0.3) is 11.7 Å². The number of ether oxygens (including phenoxy) is 2. The van der Waals surface area contributed by atoms with Gasteiger partial charge < -0.3 is 14.6 Å². The molecule has 0 aliphatic carbocycles. The van der Waals surface area contributed by atoms with Gasteiger partial charge in [-0.1, -0.05) is 56.7 Å². The van der Waals surface area contributed by atoms with Crippen LogP contribution in [0, 0.1) is 13.8 Å². The molecule has 0 bridgehead atoms. The van der Waals surface area contributed by atoms with Crippen molar-refractivity contribution in [2.75, 3.05) is 18.6 Å². The van der Waals surface area contributed by atoms with Crippen LogP contribution in [0.1, 0.15) is 61.6 Å². The Morgan fingerprint density at radius 3 is 2.32 bits per heavy atom. The van der Waals surface area contributed by atoms with Gasteiger partial charge in [0.1, 0.15) is 17.3 Å². The molecule has 1 saturated heterocycles. The maximum Gasteiger partial charge on any atom is 0.300 e. The summed E-state index contributed by atoms with van der Waals surface area (Å²) < 4.78 is 11.5. The van der Waals surface area contributed by atoms with Gasteiger partial charge in [-0.2, -0.15) is 0 Å². The molecule has 1 aliphatic rings. The first-order valence-electron chi connectivity index (χ1n) is 12.8. The van der Waals surface area contributed by atoms with Gasteiger partial charge in [0, 0.05) is 22.4 Å². The number of aryl methyl sites for hydroxylation is 2. The third-order valence-corrected chi connectivity index (χ3v) is 6.85. The summed E-state index contributed by atoms with van der Waals surface area (Å²) in [6, 6.07) is 17.5. The molecule has 1 N–H and O–H groups in total. The van der Waals surface area contributed by atoms with Crippen LogP contribution < -0.4 is 14.4 Å².